The Balaban J connectivity index is 1.20. The van der Waals surface area contributed by atoms with Crippen LogP contribution < -0.4 is 0 Å². The Morgan fingerprint density at radius 1 is 0.696 bits per heavy atom. The van der Waals surface area contributed by atoms with Gasteiger partial charge in [-0.25, -0.2) is 0 Å². The Morgan fingerprint density at radius 2 is 1.13 bits per heavy atom. The summed E-state index contributed by atoms with van der Waals surface area (Å²) >= 11 is 0. The van der Waals surface area contributed by atoms with E-state index < -0.39 is 0 Å². The normalized spacial score (nSPS) is 40.4. The Morgan fingerprint density at radius 3 is 1.52 bits per heavy atom. The molecule has 0 N–H and O–H groups in total. The van der Waals surface area contributed by atoms with Crippen molar-refractivity contribution in [3.8, 4) is 0 Å². The standard InChI is InChI=1S/C19H34N2O2/c1-14-10-20(12-18(22-14)16-4-5-16)8-3-9-21-11-15(2)23-19(13-21)17-6-7-17/h14-19H,3-13H2,1-2H3. The third-order valence-corrected chi connectivity index (χ3v) is 5.97. The first-order chi connectivity index (χ1) is 11.2. The Kier molecular flexibility index (Phi) is 4.96. The molecule has 132 valence electrons. The predicted octanol–water partition coefficient (Wildman–Crippen LogP) is 2.38. The van der Waals surface area contributed by atoms with E-state index >= 15 is 0 Å². The van der Waals surface area contributed by atoms with Crippen LogP contribution in [-0.2, 0) is 9.47 Å². The molecular formula is C19H34N2O2. The van der Waals surface area contributed by atoms with Crippen LogP contribution in [0, 0.1) is 11.8 Å². The van der Waals surface area contributed by atoms with Gasteiger partial charge in [0.15, 0.2) is 0 Å². The van der Waals surface area contributed by atoms with Crippen molar-refractivity contribution >= 4 is 0 Å². The summed E-state index contributed by atoms with van der Waals surface area (Å²) < 4.78 is 12.3. The van der Waals surface area contributed by atoms with E-state index in [4.69, 9.17) is 9.47 Å². The van der Waals surface area contributed by atoms with Gasteiger partial charge in [-0.05, 0) is 70.9 Å². The van der Waals surface area contributed by atoms with Crippen molar-refractivity contribution < 1.29 is 9.47 Å². The zero-order valence-corrected chi connectivity index (χ0v) is 15.0. The molecule has 4 unspecified atom stereocenters. The predicted molar refractivity (Wildman–Crippen MR) is 91.6 cm³/mol. The van der Waals surface area contributed by atoms with Crippen molar-refractivity contribution in [1.29, 1.82) is 0 Å². The van der Waals surface area contributed by atoms with Gasteiger partial charge in [0.2, 0.25) is 0 Å². The van der Waals surface area contributed by atoms with Crippen LogP contribution in [0.2, 0.25) is 0 Å². The molecule has 2 aliphatic carbocycles. The van der Waals surface area contributed by atoms with Crippen LogP contribution in [0.3, 0.4) is 0 Å². The van der Waals surface area contributed by atoms with Crippen molar-refractivity contribution in [3.05, 3.63) is 0 Å². The lowest BCUT2D eigenvalue weighted by molar-refractivity contribution is -0.0927. The summed E-state index contributed by atoms with van der Waals surface area (Å²) in [5.74, 6) is 1.72. The lowest BCUT2D eigenvalue weighted by Gasteiger charge is -2.39. The molecule has 0 amide bonds. The van der Waals surface area contributed by atoms with Crippen LogP contribution >= 0.6 is 0 Å². The third kappa shape index (κ3) is 4.47. The summed E-state index contributed by atoms with van der Waals surface area (Å²) in [6.45, 7) is 11.5. The maximum atomic E-state index is 6.13. The smallest absolute Gasteiger partial charge is 0.0734 e. The van der Waals surface area contributed by atoms with E-state index in [0.29, 0.717) is 24.4 Å². The van der Waals surface area contributed by atoms with Crippen LogP contribution in [-0.4, -0.2) is 73.5 Å². The molecule has 4 heteroatoms. The van der Waals surface area contributed by atoms with Crippen LogP contribution in [0.15, 0.2) is 0 Å². The van der Waals surface area contributed by atoms with E-state index in [9.17, 15) is 0 Å². The number of morpholine rings is 2. The Bertz CT molecular complexity index is 361. The summed E-state index contributed by atoms with van der Waals surface area (Å²) in [5, 5.41) is 0. The summed E-state index contributed by atoms with van der Waals surface area (Å²) in [6.07, 6.45) is 8.70. The minimum atomic E-state index is 0.414. The van der Waals surface area contributed by atoms with Gasteiger partial charge in [-0.2, -0.15) is 0 Å². The lowest BCUT2D eigenvalue weighted by atomic mass is 10.1. The number of rotatable bonds is 6. The van der Waals surface area contributed by atoms with Crippen LogP contribution in [0.1, 0.15) is 46.0 Å². The van der Waals surface area contributed by atoms with E-state index in [-0.39, 0.29) is 0 Å². The third-order valence-electron chi connectivity index (χ3n) is 5.97. The number of nitrogens with zero attached hydrogens (tertiary/aromatic N) is 2. The first kappa shape index (κ1) is 16.3. The number of ether oxygens (including phenoxy) is 2. The highest BCUT2D eigenvalue weighted by Crippen LogP contribution is 2.37. The van der Waals surface area contributed by atoms with Crippen molar-refractivity contribution in [2.24, 2.45) is 11.8 Å². The molecule has 23 heavy (non-hydrogen) atoms. The second-order valence-corrected chi connectivity index (χ2v) is 8.52. The molecule has 2 saturated heterocycles. The minimum Gasteiger partial charge on any atom is -0.372 e. The highest BCUT2D eigenvalue weighted by molar-refractivity contribution is 4.89. The van der Waals surface area contributed by atoms with Gasteiger partial charge in [0.1, 0.15) is 0 Å². The molecule has 2 saturated carbocycles. The van der Waals surface area contributed by atoms with Crippen molar-refractivity contribution in [2.75, 3.05) is 39.3 Å². The second kappa shape index (κ2) is 6.99. The summed E-state index contributed by atoms with van der Waals surface area (Å²) in [7, 11) is 0. The quantitative estimate of drug-likeness (QED) is 0.749. The SMILES string of the molecule is CC1CN(CCCN2CC(C)OC(C3CC3)C2)CC(C2CC2)O1. The maximum absolute atomic E-state index is 6.13. The molecule has 0 aromatic carbocycles. The lowest BCUT2D eigenvalue weighted by Crippen LogP contribution is -2.49. The number of hydrogen-bond donors (Lipinski definition) is 0. The molecule has 0 spiro atoms. The summed E-state index contributed by atoms with van der Waals surface area (Å²) in [5.41, 5.74) is 0. The molecule has 4 rings (SSSR count). The fraction of sp³-hybridized carbons (Fsp3) is 1.00. The fourth-order valence-electron chi connectivity index (χ4n) is 4.49. The Labute approximate surface area is 141 Å². The average Bonchev–Trinajstić information content (AvgIpc) is 3.39. The summed E-state index contributed by atoms with van der Waals surface area (Å²) in [6, 6.07) is 0. The molecule has 4 atom stereocenters. The maximum Gasteiger partial charge on any atom is 0.0734 e. The molecule has 0 radical (unpaired) electrons. The highest BCUT2D eigenvalue weighted by atomic mass is 16.5. The van der Waals surface area contributed by atoms with Crippen molar-refractivity contribution in [1.82, 2.24) is 9.80 Å². The minimum absolute atomic E-state index is 0.414. The van der Waals surface area contributed by atoms with Gasteiger partial charge in [-0.1, -0.05) is 0 Å². The fourth-order valence-corrected chi connectivity index (χ4v) is 4.49. The van der Waals surface area contributed by atoms with Gasteiger partial charge in [0, 0.05) is 26.2 Å². The topological polar surface area (TPSA) is 24.9 Å². The van der Waals surface area contributed by atoms with Crippen LogP contribution in [0.25, 0.3) is 0 Å². The van der Waals surface area contributed by atoms with Crippen molar-refractivity contribution in [3.63, 3.8) is 0 Å². The van der Waals surface area contributed by atoms with E-state index in [1.807, 2.05) is 0 Å². The second-order valence-electron chi connectivity index (χ2n) is 8.52. The van der Waals surface area contributed by atoms with Crippen LogP contribution in [0.4, 0.5) is 0 Å². The van der Waals surface area contributed by atoms with E-state index in [0.717, 1.165) is 24.9 Å². The van der Waals surface area contributed by atoms with Gasteiger partial charge >= 0.3 is 0 Å². The van der Waals surface area contributed by atoms with Crippen LogP contribution in [0.5, 0.6) is 0 Å². The van der Waals surface area contributed by atoms with E-state index in [1.54, 1.807) is 0 Å². The largest absolute Gasteiger partial charge is 0.372 e. The van der Waals surface area contributed by atoms with Gasteiger partial charge in [-0.3, -0.25) is 9.80 Å². The molecule has 0 aromatic rings. The first-order valence-electron chi connectivity index (χ1n) is 9.93. The molecule has 2 aliphatic heterocycles. The average molecular weight is 322 g/mol. The highest BCUT2D eigenvalue weighted by Gasteiger charge is 2.38. The first-order valence-corrected chi connectivity index (χ1v) is 9.93. The molecule has 4 fully saturated rings. The van der Waals surface area contributed by atoms with Gasteiger partial charge in [0.25, 0.3) is 0 Å². The Hall–Kier alpha value is -0.160. The van der Waals surface area contributed by atoms with E-state index in [2.05, 4.69) is 23.6 Å². The van der Waals surface area contributed by atoms with Crippen molar-refractivity contribution in [2.45, 2.75) is 70.4 Å². The zero-order valence-electron chi connectivity index (χ0n) is 15.0. The summed E-state index contributed by atoms with van der Waals surface area (Å²) in [4.78, 5) is 5.30. The van der Waals surface area contributed by atoms with Gasteiger partial charge in [-0.15, -0.1) is 0 Å². The van der Waals surface area contributed by atoms with E-state index in [1.165, 1.54) is 58.3 Å². The molecule has 4 aliphatic rings. The molecule has 0 aromatic heterocycles. The van der Waals surface area contributed by atoms with Gasteiger partial charge < -0.3 is 9.47 Å². The van der Waals surface area contributed by atoms with Gasteiger partial charge in [0.05, 0.1) is 24.4 Å². The monoisotopic (exact) mass is 322 g/mol. The zero-order chi connectivity index (χ0) is 15.8. The molecule has 4 nitrogen and oxygen atoms in total. The number of hydrogen-bond acceptors (Lipinski definition) is 4. The molecule has 0 bridgehead atoms. The molecular weight excluding hydrogens is 288 g/mol. The molecule has 2 heterocycles.